The van der Waals surface area contributed by atoms with Gasteiger partial charge in [-0.3, -0.25) is 9.59 Å². The van der Waals surface area contributed by atoms with Crippen LogP contribution in [0.4, 0.5) is 10.2 Å². The first kappa shape index (κ1) is 22.8. The summed E-state index contributed by atoms with van der Waals surface area (Å²) in [5.74, 6) is -1.07. The molecule has 0 radical (unpaired) electrons. The molecule has 1 amide bonds. The van der Waals surface area contributed by atoms with Gasteiger partial charge in [0.05, 0.1) is 10.6 Å². The van der Waals surface area contributed by atoms with Gasteiger partial charge in [0.15, 0.2) is 5.78 Å². The number of carbonyl (C=O) groups excluding carboxylic acids is 2. The fourth-order valence-corrected chi connectivity index (χ4v) is 3.36. The van der Waals surface area contributed by atoms with Crippen LogP contribution in [0.3, 0.4) is 0 Å². The minimum Gasteiger partial charge on any atom is -0.384 e. The standard InChI is InChI=1S/C21H26ClFN4O2/c1-4-5-16(27-12(2)10-18(28)25-3)14-7-8-15(22)19(20(14)23)21(29)13-6-9-17(24)26-11-13/h6-9,11-12,16,27H,4-5,10H2,1-3H3,(H2,24,26)(H,25,28). The van der Waals surface area contributed by atoms with Crippen LogP contribution in [-0.4, -0.2) is 29.8 Å². The highest BCUT2D eigenvalue weighted by Gasteiger charge is 2.25. The van der Waals surface area contributed by atoms with E-state index in [0.29, 0.717) is 12.0 Å². The molecule has 1 aromatic carbocycles. The van der Waals surface area contributed by atoms with E-state index in [0.717, 1.165) is 6.42 Å². The van der Waals surface area contributed by atoms with E-state index in [4.69, 9.17) is 17.3 Å². The van der Waals surface area contributed by atoms with Gasteiger partial charge in [-0.25, -0.2) is 9.37 Å². The number of nitrogens with one attached hydrogen (secondary N) is 2. The lowest BCUT2D eigenvalue weighted by molar-refractivity contribution is -0.121. The monoisotopic (exact) mass is 420 g/mol. The minimum atomic E-state index is -0.669. The van der Waals surface area contributed by atoms with Crippen LogP contribution < -0.4 is 16.4 Å². The van der Waals surface area contributed by atoms with Crippen molar-refractivity contribution in [2.45, 2.75) is 45.2 Å². The third-order valence-corrected chi connectivity index (χ3v) is 4.92. The van der Waals surface area contributed by atoms with Crippen molar-refractivity contribution in [3.05, 3.63) is 58.0 Å². The van der Waals surface area contributed by atoms with E-state index in [-0.39, 0.29) is 46.4 Å². The van der Waals surface area contributed by atoms with Gasteiger partial charge in [-0.05, 0) is 31.5 Å². The fourth-order valence-electron chi connectivity index (χ4n) is 3.13. The highest BCUT2D eigenvalue weighted by atomic mass is 35.5. The minimum absolute atomic E-state index is 0.0294. The van der Waals surface area contributed by atoms with Crippen molar-refractivity contribution >= 4 is 29.1 Å². The molecule has 0 bridgehead atoms. The van der Waals surface area contributed by atoms with E-state index in [2.05, 4.69) is 15.6 Å². The van der Waals surface area contributed by atoms with Crippen molar-refractivity contribution < 1.29 is 14.0 Å². The van der Waals surface area contributed by atoms with Crippen molar-refractivity contribution in [2.24, 2.45) is 0 Å². The molecule has 1 aromatic heterocycles. The number of ketones is 1. The maximum absolute atomic E-state index is 15.4. The second-order valence-electron chi connectivity index (χ2n) is 6.91. The summed E-state index contributed by atoms with van der Waals surface area (Å²) in [5.41, 5.74) is 5.90. The van der Waals surface area contributed by atoms with E-state index < -0.39 is 11.6 Å². The molecule has 8 heteroatoms. The van der Waals surface area contributed by atoms with Crippen LogP contribution >= 0.6 is 11.6 Å². The van der Waals surface area contributed by atoms with Crippen LogP contribution in [0.1, 0.15) is 60.6 Å². The Balaban J connectivity index is 2.38. The highest BCUT2D eigenvalue weighted by Crippen LogP contribution is 2.30. The van der Waals surface area contributed by atoms with Crippen LogP contribution in [-0.2, 0) is 4.79 Å². The molecule has 2 atom stereocenters. The zero-order valence-electron chi connectivity index (χ0n) is 16.8. The number of nitrogens with two attached hydrogens (primary N) is 1. The van der Waals surface area contributed by atoms with Crippen LogP contribution in [0.5, 0.6) is 0 Å². The number of aromatic nitrogens is 1. The topological polar surface area (TPSA) is 97.1 Å². The molecule has 0 saturated heterocycles. The second-order valence-corrected chi connectivity index (χ2v) is 7.32. The van der Waals surface area contributed by atoms with E-state index in [1.54, 1.807) is 13.1 Å². The van der Waals surface area contributed by atoms with Crippen molar-refractivity contribution in [1.82, 2.24) is 15.6 Å². The predicted octanol–water partition coefficient (Wildman–Crippen LogP) is 3.64. The lowest BCUT2D eigenvalue weighted by Gasteiger charge is -2.24. The quantitative estimate of drug-likeness (QED) is 0.538. The van der Waals surface area contributed by atoms with Gasteiger partial charge >= 0.3 is 0 Å². The first-order chi connectivity index (χ1) is 13.8. The van der Waals surface area contributed by atoms with Crippen molar-refractivity contribution in [3.8, 4) is 0 Å². The molecule has 0 aliphatic carbocycles. The summed E-state index contributed by atoms with van der Waals surface area (Å²) in [5, 5.41) is 5.89. The van der Waals surface area contributed by atoms with Crippen LogP contribution in [0.2, 0.25) is 5.02 Å². The number of hydrogen-bond acceptors (Lipinski definition) is 5. The number of hydrogen-bond donors (Lipinski definition) is 3. The number of benzene rings is 1. The molecule has 4 N–H and O–H groups in total. The Labute approximate surface area is 175 Å². The van der Waals surface area contributed by atoms with Crippen LogP contribution in [0, 0.1) is 5.82 Å². The molecule has 0 aliphatic heterocycles. The van der Waals surface area contributed by atoms with E-state index in [1.165, 1.54) is 24.4 Å². The number of pyridine rings is 1. The van der Waals surface area contributed by atoms with Crippen molar-refractivity contribution in [2.75, 3.05) is 12.8 Å². The van der Waals surface area contributed by atoms with Crippen LogP contribution in [0.15, 0.2) is 30.5 Å². The Morgan fingerprint density at radius 2 is 2.00 bits per heavy atom. The Hall–Kier alpha value is -2.51. The zero-order chi connectivity index (χ0) is 21.6. The number of nitrogens with zero attached hydrogens (tertiary/aromatic N) is 1. The fraction of sp³-hybridized carbons (Fsp3) is 0.381. The average molecular weight is 421 g/mol. The Bertz CT molecular complexity index is 874. The normalized spacial score (nSPS) is 13.0. The summed E-state index contributed by atoms with van der Waals surface area (Å²) in [7, 11) is 1.57. The number of carbonyl (C=O) groups is 2. The van der Waals surface area contributed by atoms with Gasteiger partial charge in [-0.15, -0.1) is 0 Å². The van der Waals surface area contributed by atoms with Gasteiger partial charge in [0.2, 0.25) is 5.91 Å². The molecule has 0 saturated carbocycles. The molecular formula is C21H26ClFN4O2. The lowest BCUT2D eigenvalue weighted by Crippen LogP contribution is -2.35. The lowest BCUT2D eigenvalue weighted by atomic mass is 9.95. The Kier molecular flexibility index (Phi) is 8.10. The molecule has 2 rings (SSSR count). The second kappa shape index (κ2) is 10.3. The molecule has 156 valence electrons. The van der Waals surface area contributed by atoms with Gasteiger partial charge < -0.3 is 16.4 Å². The third-order valence-electron chi connectivity index (χ3n) is 4.61. The highest BCUT2D eigenvalue weighted by molar-refractivity contribution is 6.35. The molecule has 6 nitrogen and oxygen atoms in total. The van der Waals surface area contributed by atoms with Gasteiger partial charge in [-0.1, -0.05) is 31.0 Å². The molecule has 2 unspecified atom stereocenters. The van der Waals surface area contributed by atoms with E-state index in [9.17, 15) is 9.59 Å². The molecule has 0 aliphatic rings. The molecule has 0 spiro atoms. The smallest absolute Gasteiger partial charge is 0.221 e. The zero-order valence-corrected chi connectivity index (χ0v) is 17.5. The maximum atomic E-state index is 15.4. The molecular weight excluding hydrogens is 395 g/mol. The summed E-state index contributed by atoms with van der Waals surface area (Å²) < 4.78 is 15.4. The first-order valence-electron chi connectivity index (χ1n) is 9.49. The molecule has 29 heavy (non-hydrogen) atoms. The van der Waals surface area contributed by atoms with E-state index in [1.807, 2.05) is 13.8 Å². The largest absolute Gasteiger partial charge is 0.384 e. The summed E-state index contributed by atoms with van der Waals surface area (Å²) in [6, 6.07) is 5.52. The Morgan fingerprint density at radius 1 is 1.28 bits per heavy atom. The van der Waals surface area contributed by atoms with Gasteiger partial charge in [-0.2, -0.15) is 0 Å². The van der Waals surface area contributed by atoms with E-state index >= 15 is 4.39 Å². The number of rotatable bonds is 9. The number of halogens is 2. The number of amides is 1. The number of anilines is 1. The maximum Gasteiger partial charge on any atom is 0.221 e. The molecule has 0 fully saturated rings. The van der Waals surface area contributed by atoms with Crippen molar-refractivity contribution in [3.63, 3.8) is 0 Å². The summed E-state index contributed by atoms with van der Waals surface area (Å²) in [6.45, 7) is 3.84. The third kappa shape index (κ3) is 5.74. The summed E-state index contributed by atoms with van der Waals surface area (Å²) >= 11 is 6.17. The molecule has 2 aromatic rings. The SMILES string of the molecule is CCCC(NC(C)CC(=O)NC)c1ccc(Cl)c(C(=O)c2ccc(N)nc2)c1F. The van der Waals surface area contributed by atoms with Gasteiger partial charge in [0.1, 0.15) is 11.6 Å². The van der Waals surface area contributed by atoms with Gasteiger partial charge in [0, 0.05) is 42.9 Å². The Morgan fingerprint density at radius 3 is 2.59 bits per heavy atom. The van der Waals surface area contributed by atoms with Crippen LogP contribution in [0.25, 0.3) is 0 Å². The molecule has 1 heterocycles. The summed E-state index contributed by atoms with van der Waals surface area (Å²) in [4.78, 5) is 28.4. The average Bonchev–Trinajstić information content (AvgIpc) is 2.68. The van der Waals surface area contributed by atoms with Gasteiger partial charge in [0.25, 0.3) is 0 Å². The first-order valence-corrected chi connectivity index (χ1v) is 9.87. The predicted molar refractivity (Wildman–Crippen MR) is 112 cm³/mol. The summed E-state index contributed by atoms with van der Waals surface area (Å²) in [6.07, 6.45) is 2.98. The number of nitrogen functional groups attached to an aromatic ring is 1. The van der Waals surface area contributed by atoms with Crippen molar-refractivity contribution in [1.29, 1.82) is 0 Å².